The summed E-state index contributed by atoms with van der Waals surface area (Å²) in [6, 6.07) is 5.41. The smallest absolute Gasteiger partial charge is 0.307 e. The van der Waals surface area contributed by atoms with E-state index in [1.807, 2.05) is 26.8 Å². The molecule has 0 amide bonds. The van der Waals surface area contributed by atoms with Crippen LogP contribution in [0, 0.1) is 0 Å². The van der Waals surface area contributed by atoms with Crippen LogP contribution in [0.25, 0.3) is 10.9 Å². The Balaban J connectivity index is 2.54. The van der Waals surface area contributed by atoms with Gasteiger partial charge in [-0.1, -0.05) is 32.0 Å². The van der Waals surface area contributed by atoms with Crippen molar-refractivity contribution in [2.45, 2.75) is 32.6 Å². The summed E-state index contributed by atoms with van der Waals surface area (Å²) in [5, 5.41) is 13.7. The maximum atomic E-state index is 10.7. The summed E-state index contributed by atoms with van der Waals surface area (Å²) in [7, 11) is 0. The molecule has 0 spiro atoms. The molecule has 0 saturated heterocycles. The highest BCUT2D eigenvalue weighted by Gasteiger charge is 2.22. The standard InChI is InChI=1S/C13H15NO3/c1-13(2,3)12-9-6-8(7-11(15)16)4-5-10(9)14-17-12/h4-6H,7H2,1-3H3,(H,15,16). The highest BCUT2D eigenvalue weighted by molar-refractivity contribution is 5.83. The number of benzene rings is 1. The Hall–Kier alpha value is -1.84. The number of hydrogen-bond acceptors (Lipinski definition) is 3. The van der Waals surface area contributed by atoms with Crippen molar-refractivity contribution in [2.24, 2.45) is 0 Å². The minimum absolute atomic E-state index is 0.0186. The van der Waals surface area contributed by atoms with Gasteiger partial charge in [-0.2, -0.15) is 0 Å². The lowest BCUT2D eigenvalue weighted by molar-refractivity contribution is -0.136. The van der Waals surface area contributed by atoms with Crippen LogP contribution in [0.15, 0.2) is 22.7 Å². The van der Waals surface area contributed by atoms with Gasteiger partial charge in [0, 0.05) is 10.8 Å². The fourth-order valence-corrected chi connectivity index (χ4v) is 1.81. The highest BCUT2D eigenvalue weighted by Crippen LogP contribution is 2.30. The maximum absolute atomic E-state index is 10.7. The first kappa shape index (κ1) is 11.6. The number of carbonyl (C=O) groups is 1. The second-order valence-electron chi connectivity index (χ2n) is 5.18. The molecule has 0 saturated carbocycles. The zero-order valence-corrected chi connectivity index (χ0v) is 10.2. The molecule has 0 aliphatic heterocycles. The molecule has 0 radical (unpaired) electrons. The first-order valence-corrected chi connectivity index (χ1v) is 5.48. The molecule has 1 heterocycles. The molecule has 0 aliphatic carbocycles. The SMILES string of the molecule is CC(C)(C)c1onc2ccc(CC(=O)O)cc12. The van der Waals surface area contributed by atoms with E-state index in [1.165, 1.54) is 0 Å². The molecule has 1 N–H and O–H groups in total. The summed E-state index contributed by atoms with van der Waals surface area (Å²) >= 11 is 0. The number of carboxylic acids is 1. The zero-order valence-electron chi connectivity index (χ0n) is 10.2. The van der Waals surface area contributed by atoms with Crippen molar-refractivity contribution in [1.29, 1.82) is 0 Å². The van der Waals surface area contributed by atoms with E-state index in [4.69, 9.17) is 9.63 Å². The van der Waals surface area contributed by atoms with E-state index in [0.29, 0.717) is 0 Å². The Morgan fingerprint density at radius 1 is 1.41 bits per heavy atom. The summed E-state index contributed by atoms with van der Waals surface area (Å²) in [5.74, 6) is -0.0437. The predicted octanol–water partition coefficient (Wildman–Crippen LogP) is 2.75. The summed E-state index contributed by atoms with van der Waals surface area (Å²) in [5.41, 5.74) is 1.39. The van der Waals surface area contributed by atoms with Crippen molar-refractivity contribution >= 4 is 16.9 Å². The second kappa shape index (κ2) is 3.87. The molecule has 2 aromatic rings. The van der Waals surface area contributed by atoms with E-state index >= 15 is 0 Å². The summed E-state index contributed by atoms with van der Waals surface area (Å²) in [6.45, 7) is 6.12. The number of carboxylic acid groups (broad SMARTS) is 1. The first-order chi connectivity index (χ1) is 7.88. The molecule has 0 unspecified atom stereocenters. The number of aromatic nitrogens is 1. The van der Waals surface area contributed by atoms with Gasteiger partial charge in [0.15, 0.2) is 0 Å². The molecule has 0 aliphatic rings. The largest absolute Gasteiger partial charge is 0.481 e. The molecule has 1 aromatic carbocycles. The van der Waals surface area contributed by atoms with E-state index in [9.17, 15) is 4.79 Å². The van der Waals surface area contributed by atoms with Gasteiger partial charge in [-0.3, -0.25) is 4.79 Å². The number of nitrogens with zero attached hydrogens (tertiary/aromatic N) is 1. The van der Waals surface area contributed by atoms with Crippen LogP contribution in [0.3, 0.4) is 0 Å². The van der Waals surface area contributed by atoms with Gasteiger partial charge in [-0.05, 0) is 17.7 Å². The summed E-state index contributed by atoms with van der Waals surface area (Å²) in [6.07, 6.45) is 0.0186. The Labute approximate surface area is 99.2 Å². The van der Waals surface area contributed by atoms with E-state index in [1.54, 1.807) is 12.1 Å². The van der Waals surface area contributed by atoms with Crippen LogP contribution in [-0.2, 0) is 16.6 Å². The summed E-state index contributed by atoms with van der Waals surface area (Å²) < 4.78 is 5.34. The molecular weight excluding hydrogens is 218 g/mol. The van der Waals surface area contributed by atoms with E-state index in [2.05, 4.69) is 5.16 Å². The van der Waals surface area contributed by atoms with Gasteiger partial charge in [-0.15, -0.1) is 0 Å². The van der Waals surface area contributed by atoms with Crippen LogP contribution in [0.1, 0.15) is 32.1 Å². The van der Waals surface area contributed by atoms with Crippen molar-refractivity contribution in [2.75, 3.05) is 0 Å². The lowest BCUT2D eigenvalue weighted by Gasteiger charge is -2.14. The Morgan fingerprint density at radius 3 is 2.71 bits per heavy atom. The molecule has 90 valence electrons. The van der Waals surface area contributed by atoms with Crippen molar-refractivity contribution in [3.63, 3.8) is 0 Å². The molecule has 0 bridgehead atoms. The third kappa shape index (κ3) is 2.30. The van der Waals surface area contributed by atoms with Gasteiger partial charge in [0.1, 0.15) is 11.3 Å². The van der Waals surface area contributed by atoms with E-state index < -0.39 is 5.97 Å². The minimum atomic E-state index is -0.835. The lowest BCUT2D eigenvalue weighted by Crippen LogP contribution is -2.10. The van der Waals surface area contributed by atoms with Gasteiger partial charge in [0.2, 0.25) is 0 Å². The average Bonchev–Trinajstić information content (AvgIpc) is 2.58. The zero-order chi connectivity index (χ0) is 12.6. The highest BCUT2D eigenvalue weighted by atomic mass is 16.5. The number of hydrogen-bond donors (Lipinski definition) is 1. The minimum Gasteiger partial charge on any atom is -0.481 e. The van der Waals surface area contributed by atoms with Crippen molar-refractivity contribution in [3.05, 3.63) is 29.5 Å². The average molecular weight is 233 g/mol. The monoisotopic (exact) mass is 233 g/mol. The number of fused-ring (bicyclic) bond motifs is 1. The van der Waals surface area contributed by atoms with Gasteiger partial charge < -0.3 is 9.63 Å². The molecule has 0 atom stereocenters. The van der Waals surface area contributed by atoms with Crippen LogP contribution in [0.2, 0.25) is 0 Å². The lowest BCUT2D eigenvalue weighted by atomic mass is 9.90. The molecule has 4 heteroatoms. The van der Waals surface area contributed by atoms with Crippen LogP contribution >= 0.6 is 0 Å². The third-order valence-corrected chi connectivity index (χ3v) is 2.58. The van der Waals surface area contributed by atoms with Crippen molar-refractivity contribution < 1.29 is 14.4 Å². The summed E-state index contributed by atoms with van der Waals surface area (Å²) in [4.78, 5) is 10.7. The van der Waals surface area contributed by atoms with Crippen LogP contribution in [0.4, 0.5) is 0 Å². The molecule has 2 rings (SSSR count). The van der Waals surface area contributed by atoms with Crippen LogP contribution < -0.4 is 0 Å². The third-order valence-electron chi connectivity index (χ3n) is 2.58. The Kier molecular flexibility index (Phi) is 2.65. The molecule has 17 heavy (non-hydrogen) atoms. The van der Waals surface area contributed by atoms with E-state index in [0.717, 1.165) is 22.2 Å². The molecule has 0 fully saturated rings. The maximum Gasteiger partial charge on any atom is 0.307 e. The van der Waals surface area contributed by atoms with Crippen LogP contribution in [0.5, 0.6) is 0 Å². The quantitative estimate of drug-likeness (QED) is 0.866. The Morgan fingerprint density at radius 2 is 2.12 bits per heavy atom. The molecule has 1 aromatic heterocycles. The number of rotatable bonds is 2. The van der Waals surface area contributed by atoms with Crippen molar-refractivity contribution in [3.8, 4) is 0 Å². The second-order valence-corrected chi connectivity index (χ2v) is 5.18. The van der Waals surface area contributed by atoms with Crippen LogP contribution in [-0.4, -0.2) is 16.2 Å². The van der Waals surface area contributed by atoms with Gasteiger partial charge in [-0.25, -0.2) is 0 Å². The van der Waals surface area contributed by atoms with Gasteiger partial charge in [0.25, 0.3) is 0 Å². The topological polar surface area (TPSA) is 63.3 Å². The van der Waals surface area contributed by atoms with E-state index in [-0.39, 0.29) is 11.8 Å². The number of aliphatic carboxylic acids is 1. The Bertz CT molecular complexity index is 564. The molecular formula is C13H15NO3. The normalized spacial score (nSPS) is 11.9. The molecule has 4 nitrogen and oxygen atoms in total. The fraction of sp³-hybridized carbons (Fsp3) is 0.385. The van der Waals surface area contributed by atoms with Crippen molar-refractivity contribution in [1.82, 2.24) is 5.16 Å². The van der Waals surface area contributed by atoms with Gasteiger partial charge in [0.05, 0.1) is 6.42 Å². The van der Waals surface area contributed by atoms with Gasteiger partial charge >= 0.3 is 5.97 Å². The first-order valence-electron chi connectivity index (χ1n) is 5.48. The fourth-order valence-electron chi connectivity index (χ4n) is 1.81. The predicted molar refractivity (Wildman–Crippen MR) is 64.0 cm³/mol.